The molecule has 0 aliphatic carbocycles. The number of nitrogens with zero attached hydrogens (tertiary/aromatic N) is 1. The summed E-state index contributed by atoms with van der Waals surface area (Å²) in [7, 11) is 0. The van der Waals surface area contributed by atoms with Crippen LogP contribution in [0.3, 0.4) is 0 Å². The number of hydrogen-bond donors (Lipinski definition) is 4. The molecule has 6 nitrogen and oxygen atoms in total. The Morgan fingerprint density at radius 1 is 1.50 bits per heavy atom. The van der Waals surface area contributed by atoms with E-state index < -0.39 is 6.80 Å². The van der Waals surface area contributed by atoms with Crippen LogP contribution in [0.1, 0.15) is 0 Å². The summed E-state index contributed by atoms with van der Waals surface area (Å²) < 4.78 is 11.1. The number of H-pyrrole nitrogens is 2. The van der Waals surface area contributed by atoms with Crippen molar-refractivity contribution in [2.24, 2.45) is 0 Å². The highest BCUT2D eigenvalue weighted by atomic mass is 32.7. The van der Waals surface area contributed by atoms with Crippen LogP contribution in [0.25, 0.3) is 0 Å². The molecule has 0 saturated carbocycles. The first kappa shape index (κ1) is 6.03. The lowest BCUT2D eigenvalue weighted by Crippen LogP contribution is -1.73. The second-order valence-electron chi connectivity index (χ2n) is 1.09. The van der Waals surface area contributed by atoms with Crippen molar-refractivity contribution in [1.29, 1.82) is 0 Å². The van der Waals surface area contributed by atoms with Gasteiger partial charge < -0.3 is 9.79 Å². The third-order valence-electron chi connectivity index (χ3n) is 0.391. The molecule has 0 unspecified atom stereocenters. The van der Waals surface area contributed by atoms with Crippen molar-refractivity contribution >= 4 is 18.4 Å². The van der Waals surface area contributed by atoms with E-state index in [1.165, 1.54) is 0 Å². The molecule has 4 N–H and O–H groups in total. The Hall–Kier alpha value is -0.100. The summed E-state index contributed by atoms with van der Waals surface area (Å²) >= 11 is 0.400. The van der Waals surface area contributed by atoms with E-state index >= 15 is 0 Å². The Morgan fingerprint density at radius 3 is 2.12 bits per heavy atom. The zero-order valence-electron chi connectivity index (χ0n) is 3.61. The van der Waals surface area contributed by atoms with E-state index in [0.29, 0.717) is 11.6 Å². The Kier molecular flexibility index (Phi) is 1.28. The summed E-state index contributed by atoms with van der Waals surface area (Å²) in [6, 6.07) is 0. The van der Waals surface area contributed by atoms with Gasteiger partial charge in [0.25, 0.3) is 0 Å². The molecule has 1 heterocycles. The third kappa shape index (κ3) is 2.27. The summed E-state index contributed by atoms with van der Waals surface area (Å²) in [4.78, 5) is 16.4. The molecule has 1 aromatic heterocycles. The maximum atomic E-state index is 10.0. The second kappa shape index (κ2) is 1.70. The van der Waals surface area contributed by atoms with Gasteiger partial charge >= 0.3 is 6.80 Å². The lowest BCUT2D eigenvalue weighted by atomic mass is 13.2. The lowest BCUT2D eigenvalue weighted by molar-refractivity contribution is 0.396. The molecular weight excluding hydrogens is 153 g/mol. The van der Waals surface area contributed by atoms with E-state index in [9.17, 15) is 4.57 Å². The van der Waals surface area contributed by atoms with E-state index in [4.69, 9.17) is 9.79 Å². The van der Waals surface area contributed by atoms with Gasteiger partial charge in [-0.05, 0) is 0 Å². The van der Waals surface area contributed by atoms with Crippen LogP contribution in [0.15, 0.2) is 0 Å². The number of nitrogens with one attached hydrogen (secondary N) is 2. The van der Waals surface area contributed by atoms with E-state index in [1.54, 1.807) is 0 Å². The molecule has 0 saturated heterocycles. The van der Waals surface area contributed by atoms with E-state index in [-0.39, 0.29) is 0 Å². The van der Waals surface area contributed by atoms with Gasteiger partial charge in [0.1, 0.15) is 11.6 Å². The normalized spacial score (nSPS) is 12.8. The summed E-state index contributed by atoms with van der Waals surface area (Å²) in [6.07, 6.45) is 0. The van der Waals surface area contributed by atoms with Gasteiger partial charge in [0, 0.05) is 0 Å². The van der Waals surface area contributed by atoms with Crippen LogP contribution in [0.2, 0.25) is 0 Å². The average molecular weight is 157 g/mol. The molecule has 0 radical (unpaired) electrons. The molecule has 1 rings (SSSR count). The topological polar surface area (TPSA) is 94.0 Å². The van der Waals surface area contributed by atoms with Crippen molar-refractivity contribution in [3.8, 4) is 0 Å². The first-order valence-corrected chi connectivity index (χ1v) is 4.64. The molecule has 48 valence electrons. The van der Waals surface area contributed by atoms with Crippen molar-refractivity contribution in [2.75, 3.05) is 0 Å². The van der Waals surface area contributed by atoms with Gasteiger partial charge in [-0.2, -0.15) is 10.4 Å². The Balaban J connectivity index is 2.43. The van der Waals surface area contributed by atoms with Crippen LogP contribution in [-0.4, -0.2) is 24.4 Å². The maximum Gasteiger partial charge on any atom is 0.407 e. The zero-order chi connectivity index (χ0) is 6.20. The molecule has 0 bridgehead atoms. The predicted octanol–water partition coefficient (Wildman–Crippen LogP) is -0.267. The summed E-state index contributed by atoms with van der Waals surface area (Å²) in [5.41, 5.74) is 0. The fourth-order valence-electron chi connectivity index (χ4n) is 0.168. The molecule has 0 aliphatic heterocycles. The minimum absolute atomic E-state index is 0.400. The minimum Gasteiger partial charge on any atom is -0.315 e. The zero-order valence-corrected chi connectivity index (χ0v) is 5.32. The molecule has 0 atom stereocenters. The first-order valence-electron chi connectivity index (χ1n) is 1.64. The highest BCUT2D eigenvalue weighted by Gasteiger charge is 2.17. The van der Waals surface area contributed by atoms with Crippen LogP contribution in [-0.2, 0) is 4.57 Å². The quantitative estimate of drug-likeness (QED) is 0.444. The van der Waals surface area contributed by atoms with Crippen molar-refractivity contribution in [1.82, 2.24) is 14.6 Å². The van der Waals surface area contributed by atoms with Gasteiger partial charge in [-0.1, -0.05) is 0 Å². The highest BCUT2D eigenvalue weighted by molar-refractivity contribution is 8.53. The van der Waals surface area contributed by atoms with E-state index in [1.807, 2.05) is 0 Å². The smallest absolute Gasteiger partial charge is 0.315 e. The summed E-state index contributed by atoms with van der Waals surface area (Å²) in [6.45, 7) is -3.94. The summed E-state index contributed by atoms with van der Waals surface area (Å²) in [5.74, 6) is 0. The van der Waals surface area contributed by atoms with Gasteiger partial charge in [-0.3, -0.25) is 0 Å². The number of aromatic amines is 2. The monoisotopic (exact) mass is 157 g/mol. The van der Waals surface area contributed by atoms with Gasteiger partial charge in [0.05, 0.1) is 0 Å². The van der Waals surface area contributed by atoms with Crippen molar-refractivity contribution in [3.05, 3.63) is 0 Å². The van der Waals surface area contributed by atoms with Crippen molar-refractivity contribution in [2.45, 2.75) is 0 Å². The average Bonchev–Trinajstić information content (AvgIpc) is 2.12. The molecule has 8 heteroatoms. The van der Waals surface area contributed by atoms with Crippen LogP contribution in [0, 0.1) is 0 Å². The van der Waals surface area contributed by atoms with E-state index in [2.05, 4.69) is 10.4 Å². The standard InChI is InChI=1S/H4N3O3PS/c4-7(5,6)8-3-1-2-3/h1-2H,(H2,4,5,6). The molecule has 0 spiro atoms. The largest absolute Gasteiger partial charge is 0.407 e. The maximum absolute atomic E-state index is 10.0. The number of aromatic nitrogens is 3. The van der Waals surface area contributed by atoms with Gasteiger partial charge in [0.2, 0.25) is 0 Å². The third-order valence-corrected chi connectivity index (χ3v) is 2.08. The second-order valence-corrected chi connectivity index (χ2v) is 4.52. The van der Waals surface area contributed by atoms with Crippen LogP contribution in [0.4, 0.5) is 0 Å². The fourth-order valence-corrected chi connectivity index (χ4v) is 1.39. The Labute approximate surface area is 48.2 Å². The molecule has 0 fully saturated rings. The van der Waals surface area contributed by atoms with Crippen molar-refractivity contribution in [3.63, 3.8) is 0 Å². The molecule has 0 amide bonds. The first-order chi connectivity index (χ1) is 3.58. The number of hydrogen-bond acceptors (Lipinski definition) is 2. The predicted molar refractivity (Wildman–Crippen MR) is 28.2 cm³/mol. The molecule has 0 aromatic carbocycles. The van der Waals surface area contributed by atoms with Crippen LogP contribution < -0.4 is 0 Å². The molecular formula is H4N3O3PS. The highest BCUT2D eigenvalue weighted by Crippen LogP contribution is 2.50. The molecule has 1 aromatic rings. The van der Waals surface area contributed by atoms with Crippen molar-refractivity contribution < 1.29 is 14.4 Å². The summed E-state index contributed by atoms with van der Waals surface area (Å²) in [5, 5.41) is 4.69. The Morgan fingerprint density at radius 2 is 2.00 bits per heavy atom. The van der Waals surface area contributed by atoms with Gasteiger partial charge in [-0.15, -0.1) is 4.20 Å². The SMILES string of the molecule is O=P(O)(O)Sn1[nH][nH]1. The Bertz CT molecular complexity index is 181. The minimum atomic E-state index is -3.94. The van der Waals surface area contributed by atoms with E-state index in [0.717, 1.165) is 4.20 Å². The molecule has 0 aliphatic rings. The van der Waals surface area contributed by atoms with Crippen LogP contribution >= 0.6 is 18.4 Å². The van der Waals surface area contributed by atoms with Crippen LogP contribution in [0.5, 0.6) is 0 Å². The fraction of sp³-hybridized carbons (Fsp3) is 0. The van der Waals surface area contributed by atoms with Gasteiger partial charge in [0.15, 0.2) is 0 Å². The lowest BCUT2D eigenvalue weighted by Gasteiger charge is -1.92. The van der Waals surface area contributed by atoms with Gasteiger partial charge in [-0.25, -0.2) is 4.57 Å². The number of rotatable bonds is 2. The molecule has 8 heavy (non-hydrogen) atoms.